The topological polar surface area (TPSA) is 56.8 Å². The van der Waals surface area contributed by atoms with Gasteiger partial charge in [0.1, 0.15) is 5.75 Å². The molecule has 5 heteroatoms. The first kappa shape index (κ1) is 18.6. The fourth-order valence-corrected chi connectivity index (χ4v) is 2.24. The first-order valence-corrected chi connectivity index (χ1v) is 8.53. The summed E-state index contributed by atoms with van der Waals surface area (Å²) in [6, 6.07) is 12.4. The second-order valence-electron chi connectivity index (χ2n) is 5.48. The zero-order chi connectivity index (χ0) is 18.1. The number of anilines is 1. The molecule has 0 aromatic heterocycles. The quantitative estimate of drug-likeness (QED) is 0.680. The smallest absolute Gasteiger partial charge is 0.255 e. The lowest BCUT2D eigenvalue weighted by atomic mass is 10.1. The Morgan fingerprint density at radius 2 is 1.76 bits per heavy atom. The van der Waals surface area contributed by atoms with Gasteiger partial charge in [-0.3, -0.25) is 4.79 Å². The van der Waals surface area contributed by atoms with Crippen molar-refractivity contribution in [2.45, 2.75) is 26.7 Å². The average Bonchev–Trinajstić information content (AvgIpc) is 2.64. The van der Waals surface area contributed by atoms with E-state index in [4.69, 9.17) is 14.2 Å². The zero-order valence-electron chi connectivity index (χ0n) is 15.0. The molecule has 0 aliphatic carbocycles. The van der Waals surface area contributed by atoms with Crippen LogP contribution in [0.3, 0.4) is 0 Å². The first-order valence-electron chi connectivity index (χ1n) is 8.53. The third kappa shape index (κ3) is 5.41. The van der Waals surface area contributed by atoms with Crippen LogP contribution in [0, 0.1) is 0 Å². The highest BCUT2D eigenvalue weighted by Crippen LogP contribution is 2.29. The maximum absolute atomic E-state index is 12.5. The summed E-state index contributed by atoms with van der Waals surface area (Å²) in [5.41, 5.74) is 1.22. The fraction of sp³-hybridized carbons (Fsp3) is 0.350. The number of carbonyl (C=O) groups excluding carboxylic acids is 1. The van der Waals surface area contributed by atoms with E-state index in [0.717, 1.165) is 18.6 Å². The monoisotopic (exact) mass is 343 g/mol. The van der Waals surface area contributed by atoms with E-state index in [9.17, 15) is 4.79 Å². The molecule has 25 heavy (non-hydrogen) atoms. The molecule has 2 rings (SSSR count). The Bertz CT molecular complexity index is 683. The van der Waals surface area contributed by atoms with Crippen molar-refractivity contribution in [3.63, 3.8) is 0 Å². The lowest BCUT2D eigenvalue weighted by Gasteiger charge is -2.13. The summed E-state index contributed by atoms with van der Waals surface area (Å²) >= 11 is 0. The number of carbonyl (C=O) groups is 1. The predicted octanol–water partition coefficient (Wildman–Crippen LogP) is 4.53. The molecule has 0 unspecified atom stereocenters. The van der Waals surface area contributed by atoms with Crippen molar-refractivity contribution in [2.75, 3.05) is 25.6 Å². The molecule has 0 saturated carbocycles. The summed E-state index contributed by atoms with van der Waals surface area (Å²) in [6.07, 6.45) is 2.04. The molecular weight excluding hydrogens is 318 g/mol. The van der Waals surface area contributed by atoms with E-state index >= 15 is 0 Å². The standard InChI is InChI=1S/C20H25NO4/c1-4-6-13-25-18-12-7-15(14-19(18)24-5-2)20(22)21-16-8-10-17(23-3)11-9-16/h7-12,14H,4-6,13H2,1-3H3,(H,21,22). The third-order valence-corrected chi connectivity index (χ3v) is 3.61. The van der Waals surface area contributed by atoms with Crippen molar-refractivity contribution < 1.29 is 19.0 Å². The maximum atomic E-state index is 12.5. The van der Waals surface area contributed by atoms with Gasteiger partial charge in [0.15, 0.2) is 11.5 Å². The van der Waals surface area contributed by atoms with Gasteiger partial charge >= 0.3 is 0 Å². The SMILES string of the molecule is CCCCOc1ccc(C(=O)Nc2ccc(OC)cc2)cc1OCC. The summed E-state index contributed by atoms with van der Waals surface area (Å²) in [5.74, 6) is 1.79. The number of hydrogen-bond donors (Lipinski definition) is 1. The Hall–Kier alpha value is -2.69. The van der Waals surface area contributed by atoms with Crippen molar-refractivity contribution in [3.05, 3.63) is 48.0 Å². The molecule has 0 spiro atoms. The van der Waals surface area contributed by atoms with Crippen LogP contribution in [0.1, 0.15) is 37.0 Å². The van der Waals surface area contributed by atoms with Crippen LogP contribution in [0.4, 0.5) is 5.69 Å². The number of unbranched alkanes of at least 4 members (excludes halogenated alkanes) is 1. The second-order valence-corrected chi connectivity index (χ2v) is 5.48. The zero-order valence-corrected chi connectivity index (χ0v) is 15.0. The van der Waals surface area contributed by atoms with Crippen LogP contribution in [-0.2, 0) is 0 Å². The minimum atomic E-state index is -0.203. The highest BCUT2D eigenvalue weighted by Gasteiger charge is 2.12. The van der Waals surface area contributed by atoms with Crippen molar-refractivity contribution in [1.29, 1.82) is 0 Å². The summed E-state index contributed by atoms with van der Waals surface area (Å²) in [4.78, 5) is 12.5. The van der Waals surface area contributed by atoms with Crippen LogP contribution >= 0.6 is 0 Å². The molecule has 0 aliphatic heterocycles. The van der Waals surface area contributed by atoms with Gasteiger partial charge in [-0.15, -0.1) is 0 Å². The number of ether oxygens (including phenoxy) is 3. The van der Waals surface area contributed by atoms with Gasteiger partial charge in [-0.25, -0.2) is 0 Å². The van der Waals surface area contributed by atoms with Gasteiger partial charge < -0.3 is 19.5 Å². The fourth-order valence-electron chi connectivity index (χ4n) is 2.24. The van der Waals surface area contributed by atoms with E-state index in [2.05, 4.69) is 12.2 Å². The van der Waals surface area contributed by atoms with Crippen LogP contribution in [0.25, 0.3) is 0 Å². The molecule has 1 amide bonds. The van der Waals surface area contributed by atoms with Crippen molar-refractivity contribution in [2.24, 2.45) is 0 Å². The Morgan fingerprint density at radius 1 is 1.00 bits per heavy atom. The Morgan fingerprint density at radius 3 is 2.40 bits per heavy atom. The molecular formula is C20H25NO4. The lowest BCUT2D eigenvalue weighted by Crippen LogP contribution is -2.12. The minimum absolute atomic E-state index is 0.203. The molecule has 0 saturated heterocycles. The van der Waals surface area contributed by atoms with Crippen molar-refractivity contribution in [1.82, 2.24) is 0 Å². The van der Waals surface area contributed by atoms with Crippen LogP contribution in [0.5, 0.6) is 17.2 Å². The van der Waals surface area contributed by atoms with Gasteiger partial charge in [-0.2, -0.15) is 0 Å². The lowest BCUT2D eigenvalue weighted by molar-refractivity contribution is 0.102. The van der Waals surface area contributed by atoms with Gasteiger partial charge in [0.05, 0.1) is 20.3 Å². The van der Waals surface area contributed by atoms with E-state index in [1.807, 2.05) is 6.92 Å². The molecule has 0 bridgehead atoms. The first-order chi connectivity index (χ1) is 12.2. The largest absolute Gasteiger partial charge is 0.497 e. The van der Waals surface area contributed by atoms with Crippen LogP contribution in [0.15, 0.2) is 42.5 Å². The Balaban J connectivity index is 2.10. The van der Waals surface area contributed by atoms with Crippen molar-refractivity contribution in [3.8, 4) is 17.2 Å². The second kappa shape index (κ2) is 9.57. The van der Waals surface area contributed by atoms with E-state index in [1.54, 1.807) is 49.6 Å². The van der Waals surface area contributed by atoms with Gasteiger partial charge in [0.2, 0.25) is 0 Å². The van der Waals surface area contributed by atoms with Gasteiger partial charge in [0.25, 0.3) is 5.91 Å². The number of amides is 1. The van der Waals surface area contributed by atoms with E-state index in [0.29, 0.717) is 36.0 Å². The molecule has 2 aromatic rings. The number of benzene rings is 2. The highest BCUT2D eigenvalue weighted by molar-refractivity contribution is 6.04. The van der Waals surface area contributed by atoms with E-state index in [1.165, 1.54) is 0 Å². The number of rotatable bonds is 9. The van der Waals surface area contributed by atoms with Gasteiger partial charge in [0, 0.05) is 11.3 Å². The Kier molecular flexibility index (Phi) is 7.14. The van der Waals surface area contributed by atoms with Crippen LogP contribution in [0.2, 0.25) is 0 Å². The van der Waals surface area contributed by atoms with Crippen molar-refractivity contribution >= 4 is 11.6 Å². The number of hydrogen-bond acceptors (Lipinski definition) is 4. The van der Waals surface area contributed by atoms with Crippen LogP contribution in [-0.4, -0.2) is 26.2 Å². The predicted molar refractivity (Wildman–Crippen MR) is 99.0 cm³/mol. The molecule has 0 radical (unpaired) electrons. The van der Waals surface area contributed by atoms with Gasteiger partial charge in [-0.05, 0) is 55.8 Å². The Labute approximate surface area is 148 Å². The molecule has 0 heterocycles. The summed E-state index contributed by atoms with van der Waals surface area (Å²) in [7, 11) is 1.60. The summed E-state index contributed by atoms with van der Waals surface area (Å²) < 4.78 is 16.5. The summed E-state index contributed by atoms with van der Waals surface area (Å²) in [6.45, 7) is 5.15. The molecule has 134 valence electrons. The summed E-state index contributed by atoms with van der Waals surface area (Å²) in [5, 5.41) is 2.86. The normalized spacial score (nSPS) is 10.2. The number of nitrogens with one attached hydrogen (secondary N) is 1. The number of methoxy groups -OCH3 is 1. The molecule has 0 aliphatic rings. The maximum Gasteiger partial charge on any atom is 0.255 e. The molecule has 1 N–H and O–H groups in total. The molecule has 2 aromatic carbocycles. The van der Waals surface area contributed by atoms with Crippen LogP contribution < -0.4 is 19.5 Å². The van der Waals surface area contributed by atoms with E-state index in [-0.39, 0.29) is 5.91 Å². The van der Waals surface area contributed by atoms with E-state index < -0.39 is 0 Å². The highest BCUT2D eigenvalue weighted by atomic mass is 16.5. The molecule has 0 fully saturated rings. The third-order valence-electron chi connectivity index (χ3n) is 3.61. The minimum Gasteiger partial charge on any atom is -0.497 e. The molecule has 5 nitrogen and oxygen atoms in total. The van der Waals surface area contributed by atoms with Gasteiger partial charge in [-0.1, -0.05) is 13.3 Å². The average molecular weight is 343 g/mol. The molecule has 0 atom stereocenters.